The fraction of sp³-hybridized carbons (Fsp3) is 0.143. The second-order valence-corrected chi connectivity index (χ2v) is 2.23. The molecule has 0 spiro atoms. The van der Waals surface area contributed by atoms with Gasteiger partial charge >= 0.3 is 5.97 Å². The molecule has 4 nitrogen and oxygen atoms in total. The molecule has 1 rings (SSSR count). The minimum Gasteiger partial charge on any atom is -0.478 e. The molecule has 4 heteroatoms. The van der Waals surface area contributed by atoms with Crippen molar-refractivity contribution in [3.05, 3.63) is 23.5 Å². The third-order valence-corrected chi connectivity index (χ3v) is 1.38. The zero-order valence-corrected chi connectivity index (χ0v) is 6.03. The highest BCUT2D eigenvalue weighted by Crippen LogP contribution is 2.13. The van der Waals surface area contributed by atoms with Crippen molar-refractivity contribution < 1.29 is 9.90 Å². The molecule has 0 saturated carbocycles. The minimum absolute atomic E-state index is 0.139. The average Bonchev–Trinajstić information content (AvgIpc) is 1.85. The quantitative estimate of drug-likeness (QED) is 0.620. The molecule has 1 aromatic rings. The van der Waals surface area contributed by atoms with Gasteiger partial charge in [-0.05, 0) is 12.5 Å². The predicted molar refractivity (Wildman–Crippen MR) is 40.3 cm³/mol. The fourth-order valence-corrected chi connectivity index (χ4v) is 0.878. The number of nitrogens with two attached hydrogens (primary N) is 1. The number of carboxylic acids is 1. The third-order valence-electron chi connectivity index (χ3n) is 1.38. The largest absolute Gasteiger partial charge is 0.478 e. The maximum absolute atomic E-state index is 10.5. The summed E-state index contributed by atoms with van der Waals surface area (Å²) in [4.78, 5) is 14.3. The van der Waals surface area contributed by atoms with Crippen LogP contribution in [0, 0.1) is 6.92 Å². The van der Waals surface area contributed by atoms with Gasteiger partial charge < -0.3 is 10.8 Å². The number of anilines is 1. The topological polar surface area (TPSA) is 76.2 Å². The van der Waals surface area contributed by atoms with Crippen molar-refractivity contribution in [2.75, 3.05) is 5.73 Å². The highest BCUT2D eigenvalue weighted by atomic mass is 16.4. The second kappa shape index (κ2) is 2.57. The molecule has 0 aliphatic heterocycles. The van der Waals surface area contributed by atoms with Crippen molar-refractivity contribution in [3.63, 3.8) is 0 Å². The highest BCUT2D eigenvalue weighted by Gasteiger charge is 2.10. The van der Waals surface area contributed by atoms with E-state index in [4.69, 9.17) is 10.8 Å². The molecule has 11 heavy (non-hydrogen) atoms. The van der Waals surface area contributed by atoms with Gasteiger partial charge in [-0.1, -0.05) is 0 Å². The Morgan fingerprint density at radius 2 is 2.27 bits per heavy atom. The van der Waals surface area contributed by atoms with Crippen molar-refractivity contribution in [2.45, 2.75) is 6.92 Å². The lowest BCUT2D eigenvalue weighted by Gasteiger charge is -2.01. The number of hydrogen-bond donors (Lipinski definition) is 2. The number of carboxylic acid groups (broad SMARTS) is 1. The fourth-order valence-electron chi connectivity index (χ4n) is 0.878. The third kappa shape index (κ3) is 1.29. The number of carbonyl (C=O) groups is 1. The molecule has 0 aromatic carbocycles. The molecule has 0 atom stereocenters. The molecule has 0 unspecified atom stereocenters. The molecule has 0 amide bonds. The first-order valence-electron chi connectivity index (χ1n) is 3.06. The lowest BCUT2D eigenvalue weighted by Crippen LogP contribution is -2.05. The summed E-state index contributed by atoms with van der Waals surface area (Å²) >= 11 is 0. The molecule has 0 bridgehead atoms. The van der Waals surface area contributed by atoms with E-state index in [-0.39, 0.29) is 11.3 Å². The van der Waals surface area contributed by atoms with Gasteiger partial charge in [-0.15, -0.1) is 0 Å². The Hall–Kier alpha value is -1.58. The first-order chi connectivity index (χ1) is 5.13. The van der Waals surface area contributed by atoms with Crippen LogP contribution in [0.5, 0.6) is 0 Å². The number of rotatable bonds is 1. The van der Waals surface area contributed by atoms with Crippen LogP contribution in [0.15, 0.2) is 12.4 Å². The van der Waals surface area contributed by atoms with Crippen molar-refractivity contribution in [3.8, 4) is 0 Å². The first-order valence-corrected chi connectivity index (χ1v) is 3.06. The Morgan fingerprint density at radius 3 is 2.64 bits per heavy atom. The minimum atomic E-state index is -1.01. The standard InChI is InChI=1S/C7H8N2O2/c1-4-2-9-3-5(8)6(4)7(10)11/h2-3H,8H2,1H3,(H,10,11). The molecule has 1 aromatic heterocycles. The Balaban J connectivity index is 3.32. The molecule has 0 fully saturated rings. The van der Waals surface area contributed by atoms with Gasteiger partial charge in [0.1, 0.15) is 0 Å². The molecule has 0 aliphatic rings. The normalized spacial score (nSPS) is 9.55. The van der Waals surface area contributed by atoms with Crippen LogP contribution in [0.3, 0.4) is 0 Å². The van der Waals surface area contributed by atoms with E-state index in [2.05, 4.69) is 4.98 Å². The van der Waals surface area contributed by atoms with E-state index in [0.717, 1.165) is 0 Å². The van der Waals surface area contributed by atoms with Gasteiger partial charge in [0, 0.05) is 6.20 Å². The van der Waals surface area contributed by atoms with Crippen molar-refractivity contribution in [1.29, 1.82) is 0 Å². The smallest absolute Gasteiger partial charge is 0.338 e. The van der Waals surface area contributed by atoms with E-state index in [1.165, 1.54) is 12.4 Å². The van der Waals surface area contributed by atoms with Crippen LogP contribution in [-0.4, -0.2) is 16.1 Å². The molecular weight excluding hydrogens is 144 g/mol. The SMILES string of the molecule is Cc1cncc(N)c1C(=O)O. The van der Waals surface area contributed by atoms with Crippen LogP contribution in [0.1, 0.15) is 15.9 Å². The van der Waals surface area contributed by atoms with Crippen LogP contribution in [0.25, 0.3) is 0 Å². The number of pyridine rings is 1. The Morgan fingerprint density at radius 1 is 1.64 bits per heavy atom. The van der Waals surface area contributed by atoms with Gasteiger partial charge in [0.15, 0.2) is 0 Å². The van der Waals surface area contributed by atoms with Gasteiger partial charge in [0.05, 0.1) is 17.4 Å². The summed E-state index contributed by atoms with van der Waals surface area (Å²) in [7, 11) is 0. The van der Waals surface area contributed by atoms with Crippen LogP contribution in [0.4, 0.5) is 5.69 Å². The van der Waals surface area contributed by atoms with Crippen molar-refractivity contribution in [1.82, 2.24) is 4.98 Å². The second-order valence-electron chi connectivity index (χ2n) is 2.23. The zero-order chi connectivity index (χ0) is 8.43. The first kappa shape index (κ1) is 7.53. The van der Waals surface area contributed by atoms with Gasteiger partial charge in [-0.2, -0.15) is 0 Å². The lowest BCUT2D eigenvalue weighted by atomic mass is 10.1. The highest BCUT2D eigenvalue weighted by molar-refractivity contribution is 5.94. The summed E-state index contributed by atoms with van der Waals surface area (Å²) in [5.74, 6) is -1.01. The molecule has 0 radical (unpaired) electrons. The van der Waals surface area contributed by atoms with E-state index in [9.17, 15) is 4.79 Å². The number of nitrogens with zero attached hydrogens (tertiary/aromatic N) is 1. The van der Waals surface area contributed by atoms with Crippen molar-refractivity contribution >= 4 is 11.7 Å². The molecule has 58 valence electrons. The maximum Gasteiger partial charge on any atom is 0.338 e. The van der Waals surface area contributed by atoms with Crippen LogP contribution in [0.2, 0.25) is 0 Å². The molecule has 3 N–H and O–H groups in total. The zero-order valence-electron chi connectivity index (χ0n) is 6.03. The monoisotopic (exact) mass is 152 g/mol. The molecule has 1 heterocycles. The number of aryl methyl sites for hydroxylation is 1. The Labute approximate surface area is 63.7 Å². The molecule has 0 saturated heterocycles. The summed E-state index contributed by atoms with van der Waals surface area (Å²) in [6.45, 7) is 1.66. The molecule has 0 aliphatic carbocycles. The van der Waals surface area contributed by atoms with E-state index in [0.29, 0.717) is 5.56 Å². The molecular formula is C7H8N2O2. The maximum atomic E-state index is 10.5. The summed E-state index contributed by atoms with van der Waals surface area (Å²) in [6.07, 6.45) is 2.80. The Bertz CT molecular complexity index is 276. The number of hydrogen-bond acceptors (Lipinski definition) is 3. The number of aromatic nitrogens is 1. The number of aromatic carboxylic acids is 1. The van der Waals surface area contributed by atoms with E-state index in [1.54, 1.807) is 6.92 Å². The van der Waals surface area contributed by atoms with Gasteiger partial charge in [-0.25, -0.2) is 4.79 Å². The van der Waals surface area contributed by atoms with Crippen LogP contribution in [-0.2, 0) is 0 Å². The van der Waals surface area contributed by atoms with E-state index < -0.39 is 5.97 Å². The summed E-state index contributed by atoms with van der Waals surface area (Å²) in [6, 6.07) is 0. The van der Waals surface area contributed by atoms with Crippen molar-refractivity contribution in [2.24, 2.45) is 0 Å². The van der Waals surface area contributed by atoms with E-state index in [1.807, 2.05) is 0 Å². The predicted octanol–water partition coefficient (Wildman–Crippen LogP) is 0.670. The van der Waals surface area contributed by atoms with Gasteiger partial charge in [0.25, 0.3) is 0 Å². The van der Waals surface area contributed by atoms with Gasteiger partial charge in [0.2, 0.25) is 0 Å². The van der Waals surface area contributed by atoms with Gasteiger partial charge in [-0.3, -0.25) is 4.98 Å². The Kier molecular flexibility index (Phi) is 1.76. The van der Waals surface area contributed by atoms with Crippen LogP contribution < -0.4 is 5.73 Å². The summed E-state index contributed by atoms with van der Waals surface area (Å²) < 4.78 is 0. The number of nitrogen functional groups attached to an aromatic ring is 1. The average molecular weight is 152 g/mol. The van der Waals surface area contributed by atoms with E-state index >= 15 is 0 Å². The summed E-state index contributed by atoms with van der Waals surface area (Å²) in [5, 5.41) is 8.64. The summed E-state index contributed by atoms with van der Waals surface area (Å²) in [5.41, 5.74) is 6.30. The lowest BCUT2D eigenvalue weighted by molar-refractivity contribution is 0.0697. The van der Waals surface area contributed by atoms with Crippen LogP contribution >= 0.6 is 0 Å².